The van der Waals surface area contributed by atoms with E-state index in [0.29, 0.717) is 19.0 Å². The highest BCUT2D eigenvalue weighted by Crippen LogP contribution is 2.39. The SMILES string of the molecule is CC1CCC(CN)(C(=O)N(C)Cc2ccccc2Br)CC1. The third-order valence-electron chi connectivity index (χ3n) is 4.79. The minimum absolute atomic E-state index is 0.202. The molecule has 0 spiro atoms. The average Bonchev–Trinajstić information content (AvgIpc) is 2.50. The number of carbonyl (C=O) groups is 1. The molecular weight excluding hydrogens is 328 g/mol. The number of halogens is 1. The molecule has 1 aromatic carbocycles. The molecular formula is C17H25BrN2O. The van der Waals surface area contributed by atoms with Crippen LogP contribution in [0.2, 0.25) is 0 Å². The van der Waals surface area contributed by atoms with Crippen LogP contribution in [0.4, 0.5) is 0 Å². The summed E-state index contributed by atoms with van der Waals surface area (Å²) < 4.78 is 1.05. The Bertz CT molecular complexity index is 495. The summed E-state index contributed by atoms with van der Waals surface area (Å²) in [6.07, 6.45) is 4.05. The van der Waals surface area contributed by atoms with Gasteiger partial charge in [-0.2, -0.15) is 0 Å². The lowest BCUT2D eigenvalue weighted by Gasteiger charge is -2.39. The van der Waals surface area contributed by atoms with Gasteiger partial charge in [-0.1, -0.05) is 41.1 Å². The van der Waals surface area contributed by atoms with Gasteiger partial charge in [0.2, 0.25) is 5.91 Å². The van der Waals surface area contributed by atoms with E-state index in [9.17, 15) is 4.79 Å². The Labute approximate surface area is 136 Å². The number of benzene rings is 1. The second-order valence-corrected chi connectivity index (χ2v) is 7.27. The van der Waals surface area contributed by atoms with Crippen molar-refractivity contribution in [1.82, 2.24) is 4.90 Å². The van der Waals surface area contributed by atoms with E-state index < -0.39 is 0 Å². The van der Waals surface area contributed by atoms with Gasteiger partial charge < -0.3 is 10.6 Å². The van der Waals surface area contributed by atoms with Crippen molar-refractivity contribution >= 4 is 21.8 Å². The number of hydrogen-bond acceptors (Lipinski definition) is 2. The van der Waals surface area contributed by atoms with E-state index in [1.165, 1.54) is 0 Å². The van der Waals surface area contributed by atoms with Crippen LogP contribution in [-0.2, 0) is 11.3 Å². The van der Waals surface area contributed by atoms with Crippen molar-refractivity contribution in [1.29, 1.82) is 0 Å². The van der Waals surface area contributed by atoms with E-state index in [0.717, 1.165) is 35.7 Å². The van der Waals surface area contributed by atoms with Crippen LogP contribution in [0, 0.1) is 11.3 Å². The van der Waals surface area contributed by atoms with Gasteiger partial charge in [-0.05, 0) is 43.2 Å². The van der Waals surface area contributed by atoms with E-state index in [-0.39, 0.29) is 11.3 Å². The Morgan fingerprint density at radius 1 is 1.38 bits per heavy atom. The molecule has 0 bridgehead atoms. The number of nitrogens with zero attached hydrogens (tertiary/aromatic N) is 1. The Morgan fingerprint density at radius 2 is 2.00 bits per heavy atom. The monoisotopic (exact) mass is 352 g/mol. The Kier molecular flexibility index (Phi) is 5.44. The van der Waals surface area contributed by atoms with Gasteiger partial charge in [0.15, 0.2) is 0 Å². The maximum Gasteiger partial charge on any atom is 0.230 e. The molecule has 1 aliphatic carbocycles. The van der Waals surface area contributed by atoms with Gasteiger partial charge >= 0.3 is 0 Å². The van der Waals surface area contributed by atoms with Gasteiger partial charge in [0.05, 0.1) is 5.41 Å². The standard InChI is InChI=1S/C17H25BrN2O/c1-13-7-9-17(12-19,10-8-13)16(21)20(2)11-14-5-3-4-6-15(14)18/h3-6,13H,7-12,19H2,1-2H3. The van der Waals surface area contributed by atoms with Gasteiger partial charge in [0.25, 0.3) is 0 Å². The number of nitrogens with two attached hydrogens (primary N) is 1. The molecule has 21 heavy (non-hydrogen) atoms. The molecule has 0 heterocycles. The van der Waals surface area contributed by atoms with Crippen LogP contribution in [0.3, 0.4) is 0 Å². The van der Waals surface area contributed by atoms with Crippen LogP contribution < -0.4 is 5.73 Å². The first kappa shape index (κ1) is 16.5. The lowest BCUT2D eigenvalue weighted by molar-refractivity contribution is -0.143. The summed E-state index contributed by atoms with van der Waals surface area (Å²) in [4.78, 5) is 14.7. The van der Waals surface area contributed by atoms with Crippen molar-refractivity contribution in [2.24, 2.45) is 17.1 Å². The molecule has 1 aromatic rings. The van der Waals surface area contributed by atoms with Crippen LogP contribution in [0.5, 0.6) is 0 Å². The van der Waals surface area contributed by atoms with Crippen molar-refractivity contribution < 1.29 is 4.79 Å². The lowest BCUT2D eigenvalue weighted by atomic mass is 9.70. The maximum absolute atomic E-state index is 12.9. The third-order valence-corrected chi connectivity index (χ3v) is 5.56. The van der Waals surface area contributed by atoms with Crippen LogP contribution >= 0.6 is 15.9 Å². The molecule has 0 saturated heterocycles. The second-order valence-electron chi connectivity index (χ2n) is 6.42. The van der Waals surface area contributed by atoms with E-state index in [4.69, 9.17) is 5.73 Å². The zero-order valence-corrected chi connectivity index (χ0v) is 14.5. The Hall–Kier alpha value is -0.870. The highest BCUT2D eigenvalue weighted by atomic mass is 79.9. The molecule has 1 saturated carbocycles. The van der Waals surface area contributed by atoms with E-state index in [1.54, 1.807) is 0 Å². The van der Waals surface area contributed by atoms with E-state index in [2.05, 4.69) is 22.9 Å². The van der Waals surface area contributed by atoms with Crippen molar-refractivity contribution in [3.8, 4) is 0 Å². The summed E-state index contributed by atoms with van der Waals surface area (Å²) in [6.45, 7) is 3.34. The fraction of sp³-hybridized carbons (Fsp3) is 0.588. The molecule has 2 N–H and O–H groups in total. The molecule has 0 atom stereocenters. The quantitative estimate of drug-likeness (QED) is 0.900. The van der Waals surface area contributed by atoms with Crippen LogP contribution in [0.1, 0.15) is 38.2 Å². The van der Waals surface area contributed by atoms with Crippen LogP contribution in [-0.4, -0.2) is 24.4 Å². The summed E-state index contributed by atoms with van der Waals surface area (Å²) in [5.74, 6) is 0.915. The largest absolute Gasteiger partial charge is 0.341 e. The Balaban J connectivity index is 2.09. The van der Waals surface area contributed by atoms with Crippen molar-refractivity contribution in [2.45, 2.75) is 39.2 Å². The predicted octanol–water partition coefficient (Wildman–Crippen LogP) is 3.56. The summed E-state index contributed by atoms with van der Waals surface area (Å²) in [6, 6.07) is 8.04. The number of hydrogen-bond donors (Lipinski definition) is 1. The summed E-state index contributed by atoms with van der Waals surface area (Å²) >= 11 is 3.55. The topological polar surface area (TPSA) is 46.3 Å². The normalized spacial score (nSPS) is 25.6. The minimum Gasteiger partial charge on any atom is -0.341 e. The molecule has 1 fully saturated rings. The van der Waals surface area contributed by atoms with Gasteiger partial charge in [0.1, 0.15) is 0 Å². The van der Waals surface area contributed by atoms with E-state index >= 15 is 0 Å². The smallest absolute Gasteiger partial charge is 0.230 e. The summed E-state index contributed by atoms with van der Waals surface area (Å²) in [7, 11) is 1.89. The van der Waals surface area contributed by atoms with Crippen molar-refractivity contribution in [3.63, 3.8) is 0 Å². The Morgan fingerprint density at radius 3 is 2.57 bits per heavy atom. The van der Waals surface area contributed by atoms with Gasteiger partial charge in [-0.25, -0.2) is 0 Å². The molecule has 3 nitrogen and oxygen atoms in total. The van der Waals surface area contributed by atoms with Gasteiger partial charge in [-0.3, -0.25) is 4.79 Å². The molecule has 0 unspecified atom stereocenters. The van der Waals surface area contributed by atoms with Crippen LogP contribution in [0.25, 0.3) is 0 Å². The molecule has 116 valence electrons. The number of amides is 1. The molecule has 1 aliphatic rings. The fourth-order valence-electron chi connectivity index (χ4n) is 3.18. The fourth-order valence-corrected chi connectivity index (χ4v) is 3.59. The maximum atomic E-state index is 12.9. The molecule has 0 aromatic heterocycles. The third kappa shape index (κ3) is 3.67. The first-order valence-electron chi connectivity index (χ1n) is 7.67. The van der Waals surface area contributed by atoms with Crippen molar-refractivity contribution in [2.75, 3.05) is 13.6 Å². The molecule has 0 aliphatic heterocycles. The highest BCUT2D eigenvalue weighted by molar-refractivity contribution is 9.10. The number of carbonyl (C=O) groups excluding carboxylic acids is 1. The van der Waals surface area contributed by atoms with Gasteiger partial charge in [0, 0.05) is 24.6 Å². The zero-order chi connectivity index (χ0) is 15.5. The first-order chi connectivity index (χ1) is 9.98. The minimum atomic E-state index is -0.345. The average molecular weight is 353 g/mol. The highest BCUT2D eigenvalue weighted by Gasteiger charge is 2.41. The summed E-state index contributed by atoms with van der Waals surface area (Å²) in [5, 5.41) is 0. The van der Waals surface area contributed by atoms with E-state index in [1.807, 2.05) is 36.2 Å². The lowest BCUT2D eigenvalue weighted by Crippen LogP contribution is -2.48. The molecule has 2 rings (SSSR count). The molecule has 4 heteroatoms. The van der Waals surface area contributed by atoms with Crippen LogP contribution in [0.15, 0.2) is 28.7 Å². The summed E-state index contributed by atoms with van der Waals surface area (Å²) in [5.41, 5.74) is 6.77. The molecule has 1 amide bonds. The zero-order valence-electron chi connectivity index (χ0n) is 12.9. The predicted molar refractivity (Wildman–Crippen MR) is 89.7 cm³/mol. The molecule has 0 radical (unpaired) electrons. The van der Waals surface area contributed by atoms with Crippen molar-refractivity contribution in [3.05, 3.63) is 34.3 Å². The first-order valence-corrected chi connectivity index (χ1v) is 8.47. The number of rotatable bonds is 4. The second kappa shape index (κ2) is 6.93. The van der Waals surface area contributed by atoms with Gasteiger partial charge in [-0.15, -0.1) is 0 Å².